The standard InChI is InChI=1S/C21H22N2O3/c1-14(2)15-9-11-16(12-10-15)22-19(24)8-5-13-23-20(25)17-6-3-4-7-18(17)21(23)26/h3-4,6-7,9-12,14H,5,8,13H2,1-2H3,(H,22,24). The number of hydrogen-bond donors (Lipinski definition) is 1. The van der Waals surface area contributed by atoms with Gasteiger partial charge in [-0.05, 0) is 42.2 Å². The molecule has 3 amide bonds. The van der Waals surface area contributed by atoms with Gasteiger partial charge in [0, 0.05) is 18.7 Å². The molecule has 0 saturated heterocycles. The highest BCUT2D eigenvalue weighted by atomic mass is 16.2. The van der Waals surface area contributed by atoms with Crippen LogP contribution < -0.4 is 5.32 Å². The Hall–Kier alpha value is -2.95. The van der Waals surface area contributed by atoms with E-state index in [-0.39, 0.29) is 30.7 Å². The molecule has 134 valence electrons. The van der Waals surface area contributed by atoms with E-state index in [9.17, 15) is 14.4 Å². The van der Waals surface area contributed by atoms with Crippen LogP contribution in [0.5, 0.6) is 0 Å². The number of amides is 3. The molecule has 0 bridgehead atoms. The van der Waals surface area contributed by atoms with E-state index in [4.69, 9.17) is 0 Å². The molecule has 0 aliphatic carbocycles. The predicted molar refractivity (Wildman–Crippen MR) is 100 cm³/mol. The molecule has 1 N–H and O–H groups in total. The molecular formula is C21H22N2O3. The fourth-order valence-electron chi connectivity index (χ4n) is 3.01. The Morgan fingerprint density at radius 3 is 2.08 bits per heavy atom. The van der Waals surface area contributed by atoms with Crippen molar-refractivity contribution in [3.05, 3.63) is 65.2 Å². The molecule has 5 nitrogen and oxygen atoms in total. The van der Waals surface area contributed by atoms with Crippen LogP contribution in [0, 0.1) is 0 Å². The number of carbonyl (C=O) groups is 3. The van der Waals surface area contributed by atoms with Gasteiger partial charge in [0.25, 0.3) is 11.8 Å². The molecule has 5 heteroatoms. The second-order valence-corrected chi connectivity index (χ2v) is 6.74. The van der Waals surface area contributed by atoms with Gasteiger partial charge < -0.3 is 5.32 Å². The van der Waals surface area contributed by atoms with E-state index in [1.54, 1.807) is 24.3 Å². The van der Waals surface area contributed by atoms with Crippen LogP contribution in [0.15, 0.2) is 48.5 Å². The number of imide groups is 1. The van der Waals surface area contributed by atoms with Crippen LogP contribution in [0.3, 0.4) is 0 Å². The first kappa shape index (κ1) is 17.9. The Bertz CT molecular complexity index is 806. The number of nitrogens with zero attached hydrogens (tertiary/aromatic N) is 1. The number of benzene rings is 2. The summed E-state index contributed by atoms with van der Waals surface area (Å²) in [5, 5.41) is 2.85. The zero-order valence-corrected chi connectivity index (χ0v) is 15.0. The lowest BCUT2D eigenvalue weighted by molar-refractivity contribution is -0.116. The van der Waals surface area contributed by atoms with Crippen molar-refractivity contribution in [1.82, 2.24) is 4.90 Å². The van der Waals surface area contributed by atoms with E-state index in [2.05, 4.69) is 19.2 Å². The second kappa shape index (κ2) is 7.52. The minimum Gasteiger partial charge on any atom is -0.326 e. The summed E-state index contributed by atoms with van der Waals surface area (Å²) in [7, 11) is 0. The first-order valence-electron chi connectivity index (χ1n) is 8.82. The number of fused-ring (bicyclic) bond motifs is 1. The zero-order valence-electron chi connectivity index (χ0n) is 15.0. The summed E-state index contributed by atoms with van der Waals surface area (Å²) >= 11 is 0. The van der Waals surface area contributed by atoms with Crippen molar-refractivity contribution >= 4 is 23.4 Å². The van der Waals surface area contributed by atoms with Crippen molar-refractivity contribution < 1.29 is 14.4 Å². The van der Waals surface area contributed by atoms with E-state index in [0.717, 1.165) is 5.69 Å². The highest BCUT2D eigenvalue weighted by molar-refractivity contribution is 6.21. The van der Waals surface area contributed by atoms with Crippen molar-refractivity contribution in [3.8, 4) is 0 Å². The topological polar surface area (TPSA) is 66.5 Å². The smallest absolute Gasteiger partial charge is 0.261 e. The lowest BCUT2D eigenvalue weighted by Crippen LogP contribution is -2.31. The van der Waals surface area contributed by atoms with Gasteiger partial charge in [0.05, 0.1) is 11.1 Å². The fraction of sp³-hybridized carbons (Fsp3) is 0.286. The van der Waals surface area contributed by atoms with Gasteiger partial charge in [-0.25, -0.2) is 0 Å². The maximum atomic E-state index is 12.3. The molecule has 0 aromatic heterocycles. The van der Waals surface area contributed by atoms with Gasteiger partial charge in [0.15, 0.2) is 0 Å². The maximum absolute atomic E-state index is 12.3. The monoisotopic (exact) mass is 350 g/mol. The van der Waals surface area contributed by atoms with Crippen molar-refractivity contribution in [3.63, 3.8) is 0 Å². The molecular weight excluding hydrogens is 328 g/mol. The summed E-state index contributed by atoms with van der Waals surface area (Å²) in [5.74, 6) is -0.246. The van der Waals surface area contributed by atoms with E-state index in [0.29, 0.717) is 23.5 Å². The van der Waals surface area contributed by atoms with Crippen LogP contribution in [0.4, 0.5) is 5.69 Å². The number of anilines is 1. The molecule has 0 unspecified atom stereocenters. The van der Waals surface area contributed by atoms with Crippen LogP contribution in [0.2, 0.25) is 0 Å². The first-order chi connectivity index (χ1) is 12.5. The fourth-order valence-corrected chi connectivity index (χ4v) is 3.01. The van der Waals surface area contributed by atoms with Crippen LogP contribution in [0.25, 0.3) is 0 Å². The lowest BCUT2D eigenvalue weighted by Gasteiger charge is -2.13. The van der Waals surface area contributed by atoms with Crippen molar-refractivity contribution in [1.29, 1.82) is 0 Å². The minimum absolute atomic E-state index is 0.126. The lowest BCUT2D eigenvalue weighted by atomic mass is 10.0. The largest absolute Gasteiger partial charge is 0.326 e. The third-order valence-corrected chi connectivity index (χ3v) is 4.52. The summed E-state index contributed by atoms with van der Waals surface area (Å²) in [6.07, 6.45) is 0.681. The predicted octanol–water partition coefficient (Wildman–Crippen LogP) is 3.82. The number of carbonyl (C=O) groups excluding carboxylic acids is 3. The van der Waals surface area contributed by atoms with E-state index in [1.807, 2.05) is 24.3 Å². The molecule has 26 heavy (non-hydrogen) atoms. The average Bonchev–Trinajstić information content (AvgIpc) is 2.87. The second-order valence-electron chi connectivity index (χ2n) is 6.74. The summed E-state index contributed by atoms with van der Waals surface area (Å²) < 4.78 is 0. The Kier molecular flexibility index (Phi) is 5.16. The SMILES string of the molecule is CC(C)c1ccc(NC(=O)CCCN2C(=O)c3ccccc3C2=O)cc1. The molecule has 2 aromatic carbocycles. The molecule has 3 rings (SSSR count). The van der Waals surface area contributed by atoms with Gasteiger partial charge in [-0.2, -0.15) is 0 Å². The van der Waals surface area contributed by atoms with Gasteiger partial charge in [0.1, 0.15) is 0 Å². The van der Waals surface area contributed by atoms with E-state index in [1.165, 1.54) is 10.5 Å². The molecule has 0 saturated carbocycles. The molecule has 2 aromatic rings. The minimum atomic E-state index is -0.282. The highest BCUT2D eigenvalue weighted by Gasteiger charge is 2.34. The third-order valence-electron chi connectivity index (χ3n) is 4.52. The maximum Gasteiger partial charge on any atom is 0.261 e. The number of rotatable bonds is 6. The number of nitrogens with one attached hydrogen (secondary N) is 1. The van der Waals surface area contributed by atoms with Crippen LogP contribution in [-0.4, -0.2) is 29.2 Å². The third kappa shape index (κ3) is 3.67. The van der Waals surface area contributed by atoms with Gasteiger partial charge in [-0.1, -0.05) is 38.1 Å². The highest BCUT2D eigenvalue weighted by Crippen LogP contribution is 2.23. The van der Waals surface area contributed by atoms with E-state index < -0.39 is 0 Å². The Labute approximate surface area is 153 Å². The molecule has 0 radical (unpaired) electrons. The molecule has 1 aliphatic rings. The molecule has 1 aliphatic heterocycles. The number of hydrogen-bond acceptors (Lipinski definition) is 3. The van der Waals surface area contributed by atoms with Gasteiger partial charge >= 0.3 is 0 Å². The Morgan fingerprint density at radius 2 is 1.54 bits per heavy atom. The van der Waals surface area contributed by atoms with Crippen LogP contribution >= 0.6 is 0 Å². The van der Waals surface area contributed by atoms with Crippen molar-refractivity contribution in [2.24, 2.45) is 0 Å². The first-order valence-corrected chi connectivity index (χ1v) is 8.82. The molecule has 0 fully saturated rings. The van der Waals surface area contributed by atoms with Gasteiger partial charge in [0.2, 0.25) is 5.91 Å². The average molecular weight is 350 g/mol. The Balaban J connectivity index is 1.50. The van der Waals surface area contributed by atoms with E-state index >= 15 is 0 Å². The summed E-state index contributed by atoms with van der Waals surface area (Å²) in [6.45, 7) is 4.48. The summed E-state index contributed by atoms with van der Waals surface area (Å²) in [5.41, 5.74) is 2.84. The van der Waals surface area contributed by atoms with Gasteiger partial charge in [-0.15, -0.1) is 0 Å². The molecule has 0 atom stereocenters. The van der Waals surface area contributed by atoms with Crippen molar-refractivity contribution in [2.75, 3.05) is 11.9 Å². The summed E-state index contributed by atoms with van der Waals surface area (Å²) in [4.78, 5) is 37.8. The van der Waals surface area contributed by atoms with Gasteiger partial charge in [-0.3, -0.25) is 19.3 Å². The zero-order chi connectivity index (χ0) is 18.7. The Morgan fingerprint density at radius 1 is 0.962 bits per heavy atom. The quantitative estimate of drug-likeness (QED) is 0.805. The molecule has 1 heterocycles. The van der Waals surface area contributed by atoms with Crippen LogP contribution in [0.1, 0.15) is 58.9 Å². The van der Waals surface area contributed by atoms with Crippen molar-refractivity contribution in [2.45, 2.75) is 32.6 Å². The molecule has 0 spiro atoms. The summed E-state index contributed by atoms with van der Waals surface area (Å²) in [6, 6.07) is 14.6. The normalized spacial score (nSPS) is 13.3. The van der Waals surface area contributed by atoms with Crippen LogP contribution in [-0.2, 0) is 4.79 Å².